The van der Waals surface area contributed by atoms with Gasteiger partial charge in [-0.2, -0.15) is 0 Å². The third kappa shape index (κ3) is 3.66. The van der Waals surface area contributed by atoms with Crippen LogP contribution in [0, 0.1) is 20.8 Å². The van der Waals surface area contributed by atoms with Crippen molar-refractivity contribution in [3.63, 3.8) is 0 Å². The Balaban J connectivity index is 1.91. The zero-order chi connectivity index (χ0) is 15.4. The highest BCUT2D eigenvalue weighted by molar-refractivity contribution is 5.96. The van der Waals surface area contributed by atoms with Gasteiger partial charge in [0.05, 0.1) is 11.7 Å². The number of ether oxygens (including phenoxy) is 1. The highest BCUT2D eigenvalue weighted by Gasteiger charge is 2.27. The molecule has 1 aromatic heterocycles. The molecule has 5 heteroatoms. The molecule has 1 aliphatic rings. The lowest BCUT2D eigenvalue weighted by Crippen LogP contribution is -2.41. The number of hydrogen-bond acceptors (Lipinski definition) is 4. The largest absolute Gasteiger partial charge is 0.466 e. The predicted octanol–water partition coefficient (Wildman–Crippen LogP) is 2.21. The summed E-state index contributed by atoms with van der Waals surface area (Å²) in [6.07, 6.45) is 2.58. The molecule has 0 aromatic carbocycles. The van der Waals surface area contributed by atoms with Crippen molar-refractivity contribution >= 4 is 5.91 Å². The van der Waals surface area contributed by atoms with E-state index in [1.807, 2.05) is 25.7 Å². The highest BCUT2D eigenvalue weighted by atomic mass is 16.5. The molecular formula is C16H25NO4. The fourth-order valence-electron chi connectivity index (χ4n) is 2.81. The Labute approximate surface area is 125 Å². The van der Waals surface area contributed by atoms with Gasteiger partial charge in [-0.25, -0.2) is 0 Å². The van der Waals surface area contributed by atoms with Crippen molar-refractivity contribution in [3.8, 4) is 0 Å². The molecule has 1 aromatic rings. The first kappa shape index (κ1) is 16.0. The van der Waals surface area contributed by atoms with E-state index < -0.39 is 0 Å². The smallest absolute Gasteiger partial charge is 0.257 e. The molecule has 0 radical (unpaired) electrons. The van der Waals surface area contributed by atoms with E-state index in [-0.39, 0.29) is 18.6 Å². The average molecular weight is 295 g/mol. The number of rotatable bonds is 5. The van der Waals surface area contributed by atoms with Crippen LogP contribution in [0.25, 0.3) is 0 Å². The lowest BCUT2D eigenvalue weighted by atomic mass is 10.0. The topological polar surface area (TPSA) is 62.9 Å². The van der Waals surface area contributed by atoms with Crippen molar-refractivity contribution in [3.05, 3.63) is 22.6 Å². The summed E-state index contributed by atoms with van der Waals surface area (Å²) in [6.45, 7) is 7.85. The molecular weight excluding hydrogens is 270 g/mol. The van der Waals surface area contributed by atoms with Crippen molar-refractivity contribution in [2.75, 3.05) is 26.3 Å². The standard InChI is InChI=1S/C16H25NO4/c1-11-12(2)21-13(3)15(11)16(19)17-7-5-14(6-8-17)20-10-4-9-18/h14,18H,4-10H2,1-3H3. The maximum atomic E-state index is 12.6. The van der Waals surface area contributed by atoms with Gasteiger partial charge in [0, 0.05) is 31.9 Å². The number of aliphatic hydroxyl groups excluding tert-OH is 1. The minimum atomic E-state index is 0.0654. The molecule has 5 nitrogen and oxygen atoms in total. The van der Waals surface area contributed by atoms with E-state index in [9.17, 15) is 4.79 Å². The number of carbonyl (C=O) groups is 1. The fourth-order valence-corrected chi connectivity index (χ4v) is 2.81. The number of carbonyl (C=O) groups excluding carboxylic acids is 1. The van der Waals surface area contributed by atoms with Gasteiger partial charge in [0.15, 0.2) is 0 Å². The van der Waals surface area contributed by atoms with E-state index in [0.717, 1.165) is 24.2 Å². The van der Waals surface area contributed by atoms with Crippen molar-refractivity contribution in [2.45, 2.75) is 46.1 Å². The van der Waals surface area contributed by atoms with Gasteiger partial charge in [0.2, 0.25) is 0 Å². The van der Waals surface area contributed by atoms with Gasteiger partial charge >= 0.3 is 0 Å². The molecule has 118 valence electrons. The van der Waals surface area contributed by atoms with Gasteiger partial charge in [0.1, 0.15) is 11.5 Å². The Morgan fingerprint density at radius 2 is 1.95 bits per heavy atom. The normalized spacial score (nSPS) is 16.5. The summed E-state index contributed by atoms with van der Waals surface area (Å²) in [7, 11) is 0. The zero-order valence-electron chi connectivity index (χ0n) is 13.1. The molecule has 0 bridgehead atoms. The van der Waals surface area contributed by atoms with Gasteiger partial charge in [-0.15, -0.1) is 0 Å². The van der Waals surface area contributed by atoms with Gasteiger partial charge in [-0.1, -0.05) is 0 Å². The first-order valence-electron chi connectivity index (χ1n) is 7.63. The van der Waals surface area contributed by atoms with Crippen molar-refractivity contribution in [1.29, 1.82) is 0 Å². The second kappa shape index (κ2) is 7.09. The minimum absolute atomic E-state index is 0.0654. The lowest BCUT2D eigenvalue weighted by Gasteiger charge is -2.32. The summed E-state index contributed by atoms with van der Waals surface area (Å²) in [4.78, 5) is 14.5. The summed E-state index contributed by atoms with van der Waals surface area (Å²) >= 11 is 0. The highest BCUT2D eigenvalue weighted by Crippen LogP contribution is 2.24. The molecule has 2 rings (SSSR count). The Morgan fingerprint density at radius 3 is 2.48 bits per heavy atom. The van der Waals surface area contributed by atoms with Crippen LogP contribution in [0.4, 0.5) is 0 Å². The van der Waals surface area contributed by atoms with Gasteiger partial charge < -0.3 is 19.2 Å². The van der Waals surface area contributed by atoms with Gasteiger partial charge in [-0.3, -0.25) is 4.79 Å². The average Bonchev–Trinajstić information content (AvgIpc) is 2.72. The summed E-state index contributed by atoms with van der Waals surface area (Å²) in [6, 6.07) is 0. The van der Waals surface area contributed by atoms with Crippen molar-refractivity contribution in [1.82, 2.24) is 4.90 Å². The third-order valence-electron chi connectivity index (χ3n) is 4.16. The number of nitrogens with zero attached hydrogens (tertiary/aromatic N) is 1. The van der Waals surface area contributed by atoms with Crippen LogP contribution < -0.4 is 0 Å². The van der Waals surface area contributed by atoms with Crippen LogP contribution in [0.15, 0.2) is 4.42 Å². The Morgan fingerprint density at radius 1 is 1.29 bits per heavy atom. The number of amides is 1. The van der Waals surface area contributed by atoms with E-state index in [4.69, 9.17) is 14.3 Å². The third-order valence-corrected chi connectivity index (χ3v) is 4.16. The van der Waals surface area contributed by atoms with Crippen LogP contribution in [0.2, 0.25) is 0 Å². The summed E-state index contributed by atoms with van der Waals surface area (Å²) < 4.78 is 11.2. The molecule has 0 atom stereocenters. The van der Waals surface area contributed by atoms with E-state index in [0.29, 0.717) is 37.4 Å². The number of furan rings is 1. The summed E-state index contributed by atoms with van der Waals surface area (Å²) in [5.41, 5.74) is 1.66. The minimum Gasteiger partial charge on any atom is -0.466 e. The first-order valence-corrected chi connectivity index (χ1v) is 7.63. The maximum absolute atomic E-state index is 12.6. The quantitative estimate of drug-likeness (QED) is 0.846. The predicted molar refractivity (Wildman–Crippen MR) is 79.5 cm³/mol. The molecule has 2 heterocycles. The number of aryl methyl sites for hydroxylation is 2. The molecule has 1 amide bonds. The van der Waals surface area contributed by atoms with Crippen LogP contribution >= 0.6 is 0 Å². The molecule has 0 aliphatic carbocycles. The lowest BCUT2D eigenvalue weighted by molar-refractivity contribution is 0.00393. The van der Waals surface area contributed by atoms with Crippen LogP contribution in [-0.4, -0.2) is 48.3 Å². The fraction of sp³-hybridized carbons (Fsp3) is 0.688. The number of likely N-dealkylation sites (tertiary alicyclic amines) is 1. The van der Waals surface area contributed by atoms with Crippen molar-refractivity contribution < 1.29 is 19.1 Å². The molecule has 1 fully saturated rings. The summed E-state index contributed by atoms with van der Waals surface area (Å²) in [5, 5.41) is 8.75. The Kier molecular flexibility index (Phi) is 5.42. The molecule has 0 spiro atoms. The second-order valence-corrected chi connectivity index (χ2v) is 5.65. The molecule has 1 N–H and O–H groups in total. The molecule has 21 heavy (non-hydrogen) atoms. The SMILES string of the molecule is Cc1oc(C)c(C(=O)N2CCC(OCCCO)CC2)c1C. The van der Waals surface area contributed by atoms with Gasteiger partial charge in [0.25, 0.3) is 5.91 Å². The van der Waals surface area contributed by atoms with E-state index in [1.165, 1.54) is 0 Å². The molecule has 0 unspecified atom stereocenters. The van der Waals surface area contributed by atoms with E-state index in [2.05, 4.69) is 0 Å². The van der Waals surface area contributed by atoms with Crippen LogP contribution in [0.5, 0.6) is 0 Å². The van der Waals surface area contributed by atoms with E-state index >= 15 is 0 Å². The molecule has 0 saturated carbocycles. The van der Waals surface area contributed by atoms with Gasteiger partial charge in [-0.05, 0) is 40.0 Å². The van der Waals surface area contributed by atoms with Crippen LogP contribution in [0.3, 0.4) is 0 Å². The van der Waals surface area contributed by atoms with Crippen LogP contribution in [0.1, 0.15) is 46.7 Å². The number of piperidine rings is 1. The van der Waals surface area contributed by atoms with Crippen molar-refractivity contribution in [2.24, 2.45) is 0 Å². The monoisotopic (exact) mass is 295 g/mol. The van der Waals surface area contributed by atoms with Crippen LogP contribution in [-0.2, 0) is 4.74 Å². The number of aliphatic hydroxyl groups is 1. The summed E-state index contributed by atoms with van der Waals surface area (Å²) in [5.74, 6) is 1.59. The second-order valence-electron chi connectivity index (χ2n) is 5.65. The molecule has 1 aliphatic heterocycles. The Hall–Kier alpha value is -1.33. The molecule has 1 saturated heterocycles. The first-order chi connectivity index (χ1) is 10.0. The number of hydrogen-bond donors (Lipinski definition) is 1. The Bertz CT molecular complexity index is 487. The maximum Gasteiger partial charge on any atom is 0.257 e. The zero-order valence-corrected chi connectivity index (χ0v) is 13.1. The van der Waals surface area contributed by atoms with E-state index in [1.54, 1.807) is 0 Å².